The number of fused-ring (bicyclic) bond motifs is 1. The van der Waals surface area contributed by atoms with Gasteiger partial charge in [0, 0.05) is 24.7 Å². The summed E-state index contributed by atoms with van der Waals surface area (Å²) in [6.45, 7) is 7.77. The molecule has 4 rings (SSSR count). The smallest absolute Gasteiger partial charge is 0.227 e. The Morgan fingerprint density at radius 2 is 1.93 bits per heavy atom. The first-order valence-corrected chi connectivity index (χ1v) is 10.9. The zero-order valence-electron chi connectivity index (χ0n) is 17.1. The molecule has 0 N–H and O–H groups in total. The molecule has 0 spiro atoms. The SMILES string of the molecule is Cc1cc(C)n(C[C@@H](C)C(=O)N2CCC(C(=O)c3nc4ccccc4s3)CC2)n1. The molecule has 0 radical (unpaired) electrons. The number of hydrogen-bond acceptors (Lipinski definition) is 5. The lowest BCUT2D eigenvalue weighted by Crippen LogP contribution is -2.43. The molecule has 0 saturated carbocycles. The third-order valence-electron chi connectivity index (χ3n) is 5.65. The normalized spacial score (nSPS) is 16.3. The van der Waals surface area contributed by atoms with Gasteiger partial charge in [0.15, 0.2) is 10.8 Å². The van der Waals surface area contributed by atoms with Gasteiger partial charge in [-0.3, -0.25) is 14.3 Å². The van der Waals surface area contributed by atoms with Gasteiger partial charge in [0.25, 0.3) is 0 Å². The molecule has 0 unspecified atom stereocenters. The minimum atomic E-state index is -0.135. The number of para-hydroxylation sites is 1. The molecule has 6 nitrogen and oxygen atoms in total. The predicted molar refractivity (Wildman–Crippen MR) is 114 cm³/mol. The van der Waals surface area contributed by atoms with Crippen LogP contribution in [0.15, 0.2) is 30.3 Å². The van der Waals surface area contributed by atoms with E-state index in [-0.39, 0.29) is 23.5 Å². The van der Waals surface area contributed by atoms with Crippen LogP contribution >= 0.6 is 11.3 Å². The number of rotatable bonds is 5. The Morgan fingerprint density at radius 1 is 1.21 bits per heavy atom. The number of amides is 1. The highest BCUT2D eigenvalue weighted by Gasteiger charge is 2.31. The fourth-order valence-electron chi connectivity index (χ4n) is 4.02. The summed E-state index contributed by atoms with van der Waals surface area (Å²) in [5.41, 5.74) is 2.92. The molecule has 0 aliphatic carbocycles. The maximum absolute atomic E-state index is 12.9. The number of benzene rings is 1. The van der Waals surface area contributed by atoms with E-state index in [0.29, 0.717) is 37.5 Å². The van der Waals surface area contributed by atoms with Crippen molar-refractivity contribution in [1.29, 1.82) is 0 Å². The largest absolute Gasteiger partial charge is 0.342 e. The predicted octanol–water partition coefficient (Wildman–Crippen LogP) is 3.87. The number of carbonyl (C=O) groups is 2. The van der Waals surface area contributed by atoms with Crippen LogP contribution in [0.25, 0.3) is 10.2 Å². The van der Waals surface area contributed by atoms with Crippen molar-refractivity contribution in [3.8, 4) is 0 Å². The number of thiazole rings is 1. The molecule has 3 heterocycles. The van der Waals surface area contributed by atoms with Crippen LogP contribution in [0.5, 0.6) is 0 Å². The van der Waals surface area contributed by atoms with Gasteiger partial charge in [-0.15, -0.1) is 11.3 Å². The summed E-state index contributed by atoms with van der Waals surface area (Å²) in [6.07, 6.45) is 1.40. The Hall–Kier alpha value is -2.54. The summed E-state index contributed by atoms with van der Waals surface area (Å²) in [5.74, 6) is 0.0767. The van der Waals surface area contributed by atoms with Gasteiger partial charge in [0.2, 0.25) is 5.91 Å². The number of ketones is 1. The second kappa shape index (κ2) is 8.06. The van der Waals surface area contributed by atoms with Crippen LogP contribution in [-0.4, -0.2) is 44.4 Å². The quantitative estimate of drug-likeness (QED) is 0.599. The first kappa shape index (κ1) is 19.8. The lowest BCUT2D eigenvalue weighted by Gasteiger charge is -2.32. The summed E-state index contributed by atoms with van der Waals surface area (Å²) in [7, 11) is 0. The summed E-state index contributed by atoms with van der Waals surface area (Å²) >= 11 is 1.46. The third kappa shape index (κ3) is 4.10. The number of carbonyl (C=O) groups excluding carboxylic acids is 2. The highest BCUT2D eigenvalue weighted by atomic mass is 32.1. The zero-order chi connectivity index (χ0) is 20.5. The van der Waals surface area contributed by atoms with E-state index in [0.717, 1.165) is 21.6 Å². The summed E-state index contributed by atoms with van der Waals surface area (Å²) < 4.78 is 2.95. The van der Waals surface area contributed by atoms with Gasteiger partial charge < -0.3 is 4.90 Å². The van der Waals surface area contributed by atoms with E-state index in [1.165, 1.54) is 11.3 Å². The van der Waals surface area contributed by atoms with E-state index in [4.69, 9.17) is 0 Å². The first-order chi connectivity index (χ1) is 13.9. The number of hydrogen-bond donors (Lipinski definition) is 0. The number of piperidine rings is 1. The summed E-state index contributed by atoms with van der Waals surface area (Å²) in [4.78, 5) is 32.2. The van der Waals surface area contributed by atoms with Crippen LogP contribution < -0.4 is 0 Å². The van der Waals surface area contributed by atoms with Crippen LogP contribution in [0.2, 0.25) is 0 Å². The van der Waals surface area contributed by atoms with Crippen molar-refractivity contribution in [2.45, 2.75) is 40.2 Å². The van der Waals surface area contributed by atoms with Gasteiger partial charge in [-0.05, 0) is 44.9 Å². The molecule has 1 atom stereocenters. The van der Waals surface area contributed by atoms with Crippen LogP contribution in [0, 0.1) is 25.7 Å². The highest BCUT2D eigenvalue weighted by molar-refractivity contribution is 7.20. The third-order valence-corrected chi connectivity index (χ3v) is 6.70. The van der Waals surface area contributed by atoms with E-state index in [1.54, 1.807) is 0 Å². The molecule has 1 aliphatic heterocycles. The Bertz CT molecular complexity index is 1010. The Kier molecular flexibility index (Phi) is 5.50. The Morgan fingerprint density at radius 3 is 2.59 bits per heavy atom. The number of likely N-dealkylation sites (tertiary alicyclic amines) is 1. The fourth-order valence-corrected chi connectivity index (χ4v) is 5.01. The topological polar surface area (TPSA) is 68.1 Å². The molecular weight excluding hydrogens is 384 g/mol. The maximum Gasteiger partial charge on any atom is 0.227 e. The first-order valence-electron chi connectivity index (χ1n) is 10.1. The monoisotopic (exact) mass is 410 g/mol. The minimum absolute atomic E-state index is 0.0501. The van der Waals surface area contributed by atoms with Crippen molar-refractivity contribution in [3.05, 3.63) is 46.7 Å². The van der Waals surface area contributed by atoms with Crippen molar-refractivity contribution >= 4 is 33.2 Å². The van der Waals surface area contributed by atoms with Crippen molar-refractivity contribution < 1.29 is 9.59 Å². The average molecular weight is 411 g/mol. The van der Waals surface area contributed by atoms with Crippen LogP contribution in [0.3, 0.4) is 0 Å². The van der Waals surface area contributed by atoms with E-state index < -0.39 is 0 Å². The lowest BCUT2D eigenvalue weighted by atomic mass is 9.92. The second-order valence-electron chi connectivity index (χ2n) is 7.96. The van der Waals surface area contributed by atoms with Crippen LogP contribution in [0.1, 0.15) is 41.0 Å². The molecular formula is C22H26N4O2S. The van der Waals surface area contributed by atoms with Gasteiger partial charge in [-0.1, -0.05) is 19.1 Å². The van der Waals surface area contributed by atoms with Gasteiger partial charge in [0.05, 0.1) is 28.4 Å². The van der Waals surface area contributed by atoms with E-state index >= 15 is 0 Å². The Labute approximate surface area is 174 Å². The summed E-state index contributed by atoms with van der Waals surface area (Å²) in [6, 6.07) is 9.86. The molecule has 2 aromatic heterocycles. The molecule has 7 heteroatoms. The molecule has 1 aromatic carbocycles. The molecule has 1 aliphatic rings. The lowest BCUT2D eigenvalue weighted by molar-refractivity contribution is -0.136. The number of Topliss-reactive ketones (excluding diaryl/α,β-unsaturated/α-hetero) is 1. The molecule has 1 fully saturated rings. The molecule has 1 amide bonds. The van der Waals surface area contributed by atoms with Gasteiger partial charge >= 0.3 is 0 Å². The minimum Gasteiger partial charge on any atom is -0.342 e. The molecule has 29 heavy (non-hydrogen) atoms. The van der Waals surface area contributed by atoms with Crippen molar-refractivity contribution in [3.63, 3.8) is 0 Å². The van der Waals surface area contributed by atoms with E-state index in [2.05, 4.69) is 10.1 Å². The molecule has 152 valence electrons. The number of nitrogens with zero attached hydrogens (tertiary/aromatic N) is 4. The molecule has 0 bridgehead atoms. The zero-order valence-corrected chi connectivity index (χ0v) is 17.9. The van der Waals surface area contributed by atoms with E-state index in [1.807, 2.05) is 60.7 Å². The van der Waals surface area contributed by atoms with Crippen molar-refractivity contribution in [1.82, 2.24) is 19.7 Å². The second-order valence-corrected chi connectivity index (χ2v) is 8.99. The van der Waals surface area contributed by atoms with Crippen LogP contribution in [0.4, 0.5) is 0 Å². The Balaban J connectivity index is 1.35. The van der Waals surface area contributed by atoms with Gasteiger partial charge in [0.1, 0.15) is 0 Å². The number of aromatic nitrogens is 3. The van der Waals surface area contributed by atoms with Gasteiger partial charge in [-0.25, -0.2) is 4.98 Å². The van der Waals surface area contributed by atoms with Crippen molar-refractivity contribution in [2.24, 2.45) is 11.8 Å². The van der Waals surface area contributed by atoms with Gasteiger partial charge in [-0.2, -0.15) is 5.10 Å². The van der Waals surface area contributed by atoms with E-state index in [9.17, 15) is 9.59 Å². The van der Waals surface area contributed by atoms with Crippen molar-refractivity contribution in [2.75, 3.05) is 13.1 Å². The van der Waals surface area contributed by atoms with Crippen LogP contribution in [-0.2, 0) is 11.3 Å². The highest BCUT2D eigenvalue weighted by Crippen LogP contribution is 2.28. The summed E-state index contributed by atoms with van der Waals surface area (Å²) in [5, 5.41) is 5.05. The number of aryl methyl sites for hydroxylation is 2. The standard InChI is InChI=1S/C22H26N4O2S/c1-14(13-26-16(3)12-15(2)24-26)22(28)25-10-8-17(9-11-25)20(27)21-23-18-6-4-5-7-19(18)29-21/h4-7,12,14,17H,8-11,13H2,1-3H3/t14-/m1/s1. The fraction of sp³-hybridized carbons (Fsp3) is 0.455. The average Bonchev–Trinajstić information content (AvgIpc) is 3.29. The maximum atomic E-state index is 12.9. The molecule has 1 saturated heterocycles. The molecule has 3 aromatic rings.